The van der Waals surface area contributed by atoms with Gasteiger partial charge in [-0.1, -0.05) is 57.8 Å². The number of aliphatic hydroxyl groups excluding tert-OH is 1. The third-order valence-electron chi connectivity index (χ3n) is 5.10. The van der Waals surface area contributed by atoms with Gasteiger partial charge < -0.3 is 24.8 Å². The lowest BCUT2D eigenvalue weighted by Crippen LogP contribution is -2.52. The number of hydrogen-bond donors (Lipinski definition) is 3. The Morgan fingerprint density at radius 1 is 0.800 bits per heavy atom. The minimum Gasteiger partial charge on any atom is -0.481 e. The Morgan fingerprint density at radius 2 is 1.27 bits per heavy atom. The first-order valence-electron chi connectivity index (χ1n) is 11.2. The zero-order valence-corrected chi connectivity index (χ0v) is 18.6. The molecule has 0 aromatic rings. The average Bonchev–Trinajstić information content (AvgIpc) is 2.68. The Morgan fingerprint density at radius 3 is 1.70 bits per heavy atom. The SMILES string of the molecule is CCOC(=O)C(CCCCCCCCCCCCO)C(O)(CC(=O)O)C(=O)OCC. The normalized spacial score (nSPS) is 14.0. The predicted molar refractivity (Wildman–Crippen MR) is 112 cm³/mol. The van der Waals surface area contributed by atoms with Crippen molar-refractivity contribution in [2.24, 2.45) is 5.92 Å². The van der Waals surface area contributed by atoms with Gasteiger partial charge in [-0.3, -0.25) is 9.59 Å². The Bertz CT molecular complexity index is 494. The van der Waals surface area contributed by atoms with Crippen LogP contribution in [0.15, 0.2) is 0 Å². The second kappa shape index (κ2) is 17.1. The van der Waals surface area contributed by atoms with Crippen molar-refractivity contribution < 1.29 is 39.2 Å². The van der Waals surface area contributed by atoms with E-state index in [0.717, 1.165) is 57.8 Å². The monoisotopic (exact) mass is 432 g/mol. The number of carboxylic acid groups (broad SMARTS) is 1. The Balaban J connectivity index is 4.63. The number of carbonyl (C=O) groups is 3. The summed E-state index contributed by atoms with van der Waals surface area (Å²) in [6, 6.07) is 0. The van der Waals surface area contributed by atoms with Crippen molar-refractivity contribution >= 4 is 17.9 Å². The number of rotatable bonds is 19. The third-order valence-corrected chi connectivity index (χ3v) is 5.10. The van der Waals surface area contributed by atoms with Crippen molar-refractivity contribution in [2.45, 2.75) is 96.5 Å². The van der Waals surface area contributed by atoms with E-state index >= 15 is 0 Å². The number of aliphatic carboxylic acids is 1. The van der Waals surface area contributed by atoms with Gasteiger partial charge in [-0.05, 0) is 26.7 Å². The summed E-state index contributed by atoms with van der Waals surface area (Å²) in [5.74, 6) is -4.55. The van der Waals surface area contributed by atoms with Crippen molar-refractivity contribution in [3.05, 3.63) is 0 Å². The molecule has 2 unspecified atom stereocenters. The first-order valence-corrected chi connectivity index (χ1v) is 11.2. The number of carbonyl (C=O) groups excluding carboxylic acids is 2. The van der Waals surface area contributed by atoms with E-state index < -0.39 is 35.8 Å². The highest BCUT2D eigenvalue weighted by molar-refractivity contribution is 5.91. The van der Waals surface area contributed by atoms with Crippen molar-refractivity contribution in [1.29, 1.82) is 0 Å². The Hall–Kier alpha value is -1.67. The average molecular weight is 433 g/mol. The van der Waals surface area contributed by atoms with E-state index in [1.165, 1.54) is 0 Å². The molecule has 8 nitrogen and oxygen atoms in total. The van der Waals surface area contributed by atoms with Crippen LogP contribution in [-0.2, 0) is 23.9 Å². The van der Waals surface area contributed by atoms with Crippen LogP contribution in [0.3, 0.4) is 0 Å². The van der Waals surface area contributed by atoms with Crippen LogP contribution in [0.25, 0.3) is 0 Å². The van der Waals surface area contributed by atoms with Gasteiger partial charge in [-0.25, -0.2) is 4.79 Å². The van der Waals surface area contributed by atoms with Crippen LogP contribution in [0.5, 0.6) is 0 Å². The predicted octanol–water partition coefficient (Wildman–Crippen LogP) is 3.22. The molecule has 3 N–H and O–H groups in total. The summed E-state index contributed by atoms with van der Waals surface area (Å²) in [6.07, 6.45) is 9.13. The lowest BCUT2D eigenvalue weighted by molar-refractivity contribution is -0.185. The molecule has 0 saturated heterocycles. The molecule has 0 aliphatic heterocycles. The fourth-order valence-electron chi connectivity index (χ4n) is 3.49. The highest BCUT2D eigenvalue weighted by Crippen LogP contribution is 2.30. The molecule has 0 aromatic carbocycles. The lowest BCUT2D eigenvalue weighted by Gasteiger charge is -2.31. The molecule has 0 aliphatic rings. The number of carboxylic acids is 1. The summed E-state index contributed by atoms with van der Waals surface area (Å²) in [6.45, 7) is 3.45. The molecule has 0 saturated carbocycles. The highest BCUT2D eigenvalue weighted by atomic mass is 16.6. The Kier molecular flexibility index (Phi) is 16.1. The Labute approximate surface area is 179 Å². The van der Waals surface area contributed by atoms with Crippen LogP contribution in [0.4, 0.5) is 0 Å². The van der Waals surface area contributed by atoms with Gasteiger partial charge in [-0.15, -0.1) is 0 Å². The lowest BCUT2D eigenvalue weighted by atomic mass is 9.80. The molecule has 8 heteroatoms. The molecule has 0 amide bonds. The standard InChI is InChI=1S/C22H40O8/c1-3-29-20(26)18(22(28,17-19(24)25)21(27)30-4-2)15-13-11-9-7-5-6-8-10-12-14-16-23/h18,23,28H,3-17H2,1-2H3,(H,24,25). The molecule has 0 bridgehead atoms. The maximum absolute atomic E-state index is 12.4. The molecule has 0 aromatic heterocycles. The summed E-state index contributed by atoms with van der Waals surface area (Å²) in [4.78, 5) is 35.9. The van der Waals surface area contributed by atoms with Crippen LogP contribution in [0.2, 0.25) is 0 Å². The van der Waals surface area contributed by atoms with E-state index in [1.807, 2.05) is 0 Å². The van der Waals surface area contributed by atoms with E-state index in [9.17, 15) is 19.5 Å². The minimum atomic E-state index is -2.44. The molecule has 0 fully saturated rings. The van der Waals surface area contributed by atoms with Crippen LogP contribution in [0, 0.1) is 5.92 Å². The molecular formula is C22H40O8. The molecule has 30 heavy (non-hydrogen) atoms. The number of esters is 2. The first kappa shape index (κ1) is 28.3. The molecule has 176 valence electrons. The molecule has 0 aliphatic carbocycles. The smallest absolute Gasteiger partial charge is 0.339 e. The van der Waals surface area contributed by atoms with E-state index in [1.54, 1.807) is 13.8 Å². The fraction of sp³-hybridized carbons (Fsp3) is 0.864. The van der Waals surface area contributed by atoms with E-state index in [4.69, 9.17) is 19.7 Å². The number of hydrogen-bond acceptors (Lipinski definition) is 7. The zero-order valence-electron chi connectivity index (χ0n) is 18.6. The molecule has 0 heterocycles. The molecule has 0 spiro atoms. The van der Waals surface area contributed by atoms with Crippen LogP contribution < -0.4 is 0 Å². The van der Waals surface area contributed by atoms with Gasteiger partial charge in [0, 0.05) is 6.61 Å². The quantitative estimate of drug-likeness (QED) is 0.209. The summed E-state index contributed by atoms with van der Waals surface area (Å²) in [5, 5.41) is 28.7. The third kappa shape index (κ3) is 11.5. The topological polar surface area (TPSA) is 130 Å². The molecule has 2 atom stereocenters. The molecular weight excluding hydrogens is 392 g/mol. The summed E-state index contributed by atoms with van der Waals surface area (Å²) >= 11 is 0. The minimum absolute atomic E-state index is 0.0314. The second-order valence-electron chi connectivity index (χ2n) is 7.57. The van der Waals surface area contributed by atoms with Crippen LogP contribution >= 0.6 is 0 Å². The number of ether oxygens (including phenoxy) is 2. The van der Waals surface area contributed by atoms with Crippen LogP contribution in [-0.4, -0.2) is 58.6 Å². The van der Waals surface area contributed by atoms with Gasteiger partial charge in [0.15, 0.2) is 5.60 Å². The molecule has 0 radical (unpaired) electrons. The fourth-order valence-corrected chi connectivity index (χ4v) is 3.49. The second-order valence-corrected chi connectivity index (χ2v) is 7.57. The van der Waals surface area contributed by atoms with Gasteiger partial charge in [0.25, 0.3) is 0 Å². The van der Waals surface area contributed by atoms with Gasteiger partial charge in [0.1, 0.15) is 0 Å². The summed E-state index contributed by atoms with van der Waals surface area (Å²) in [5.41, 5.74) is -2.44. The number of unbranched alkanes of at least 4 members (excludes halogenated alkanes) is 9. The van der Waals surface area contributed by atoms with E-state index in [2.05, 4.69) is 0 Å². The van der Waals surface area contributed by atoms with Crippen LogP contribution in [0.1, 0.15) is 90.9 Å². The highest BCUT2D eigenvalue weighted by Gasteiger charge is 2.51. The maximum atomic E-state index is 12.4. The van der Waals surface area contributed by atoms with Crippen molar-refractivity contribution in [3.63, 3.8) is 0 Å². The summed E-state index contributed by atoms with van der Waals surface area (Å²) < 4.78 is 9.85. The first-order chi connectivity index (χ1) is 14.3. The van der Waals surface area contributed by atoms with E-state index in [-0.39, 0.29) is 26.2 Å². The van der Waals surface area contributed by atoms with Gasteiger partial charge in [0.2, 0.25) is 0 Å². The maximum Gasteiger partial charge on any atom is 0.339 e. The largest absolute Gasteiger partial charge is 0.481 e. The van der Waals surface area contributed by atoms with Crippen molar-refractivity contribution in [1.82, 2.24) is 0 Å². The molecule has 0 rings (SSSR count). The van der Waals surface area contributed by atoms with Crippen molar-refractivity contribution in [2.75, 3.05) is 19.8 Å². The zero-order chi connectivity index (χ0) is 22.8. The van der Waals surface area contributed by atoms with Gasteiger partial charge >= 0.3 is 17.9 Å². The number of aliphatic hydroxyl groups is 2. The summed E-state index contributed by atoms with van der Waals surface area (Å²) in [7, 11) is 0. The van der Waals surface area contributed by atoms with Gasteiger partial charge in [0.05, 0.1) is 25.6 Å². The van der Waals surface area contributed by atoms with Gasteiger partial charge in [-0.2, -0.15) is 0 Å². The van der Waals surface area contributed by atoms with E-state index in [0.29, 0.717) is 6.42 Å². The van der Waals surface area contributed by atoms with Crippen molar-refractivity contribution in [3.8, 4) is 0 Å².